The van der Waals surface area contributed by atoms with E-state index in [1.165, 1.54) is 12.5 Å². The lowest BCUT2D eigenvalue weighted by atomic mass is 9.77. The Bertz CT molecular complexity index is 746. The van der Waals surface area contributed by atoms with Gasteiger partial charge in [-0.3, -0.25) is 9.59 Å². The Balaban J connectivity index is 1.30. The molecule has 1 aromatic carbocycles. The highest BCUT2D eigenvalue weighted by Crippen LogP contribution is 2.37. The molecule has 0 unspecified atom stereocenters. The molecule has 5 nitrogen and oxygen atoms in total. The standard InChI is InChI=1S/C21H27F2N3O2/c22-16-1-2-17(18(23)13-16)20(28)25-9-3-15(4-10-25)19(27)26-11-6-21(7-12-26)5-8-24-14-21/h1-2,13,15,24H,3-12,14H2. The Kier molecular flexibility index (Phi) is 5.36. The van der Waals surface area contributed by atoms with Gasteiger partial charge in [-0.05, 0) is 56.2 Å². The molecule has 2 amide bonds. The second-order valence-electron chi connectivity index (χ2n) is 8.44. The zero-order valence-electron chi connectivity index (χ0n) is 16.1. The molecule has 3 heterocycles. The summed E-state index contributed by atoms with van der Waals surface area (Å²) in [6, 6.07) is 3.01. The molecule has 1 aromatic rings. The van der Waals surface area contributed by atoms with Gasteiger partial charge in [0.25, 0.3) is 5.91 Å². The van der Waals surface area contributed by atoms with Crippen LogP contribution in [0, 0.1) is 23.0 Å². The van der Waals surface area contributed by atoms with E-state index in [2.05, 4.69) is 5.32 Å². The van der Waals surface area contributed by atoms with Crippen molar-refractivity contribution in [1.82, 2.24) is 15.1 Å². The van der Waals surface area contributed by atoms with E-state index >= 15 is 0 Å². The van der Waals surface area contributed by atoms with E-state index in [1.54, 1.807) is 4.90 Å². The van der Waals surface area contributed by atoms with Crippen molar-refractivity contribution in [3.05, 3.63) is 35.4 Å². The number of rotatable bonds is 2. The number of hydrogen-bond acceptors (Lipinski definition) is 3. The van der Waals surface area contributed by atoms with Gasteiger partial charge in [0.15, 0.2) is 0 Å². The normalized spacial score (nSPS) is 22.6. The van der Waals surface area contributed by atoms with Crippen LogP contribution in [0.1, 0.15) is 42.5 Å². The fourth-order valence-electron chi connectivity index (χ4n) is 4.84. The fraction of sp³-hybridized carbons (Fsp3) is 0.619. The third-order valence-corrected chi connectivity index (χ3v) is 6.76. The average Bonchev–Trinajstić information content (AvgIpc) is 3.16. The largest absolute Gasteiger partial charge is 0.342 e. The van der Waals surface area contributed by atoms with Crippen LogP contribution in [0.3, 0.4) is 0 Å². The highest BCUT2D eigenvalue weighted by atomic mass is 19.1. The Hall–Kier alpha value is -2.02. The predicted molar refractivity (Wildman–Crippen MR) is 101 cm³/mol. The van der Waals surface area contributed by atoms with Gasteiger partial charge in [-0.1, -0.05) is 0 Å². The van der Waals surface area contributed by atoms with Gasteiger partial charge >= 0.3 is 0 Å². The Morgan fingerprint density at radius 1 is 1.00 bits per heavy atom. The summed E-state index contributed by atoms with van der Waals surface area (Å²) >= 11 is 0. The van der Waals surface area contributed by atoms with Crippen molar-refractivity contribution < 1.29 is 18.4 Å². The van der Waals surface area contributed by atoms with Crippen LogP contribution in [0.25, 0.3) is 0 Å². The number of carbonyl (C=O) groups excluding carboxylic acids is 2. The molecule has 0 radical (unpaired) electrons. The molecule has 1 spiro atoms. The van der Waals surface area contributed by atoms with Gasteiger partial charge < -0.3 is 15.1 Å². The quantitative estimate of drug-likeness (QED) is 0.843. The summed E-state index contributed by atoms with van der Waals surface area (Å²) < 4.78 is 26.9. The van der Waals surface area contributed by atoms with Gasteiger partial charge in [-0.15, -0.1) is 0 Å². The third-order valence-electron chi connectivity index (χ3n) is 6.76. The summed E-state index contributed by atoms with van der Waals surface area (Å²) in [5, 5.41) is 3.44. The van der Waals surface area contributed by atoms with E-state index in [9.17, 15) is 18.4 Å². The second kappa shape index (κ2) is 7.78. The van der Waals surface area contributed by atoms with Crippen molar-refractivity contribution in [2.75, 3.05) is 39.3 Å². The summed E-state index contributed by atoms with van der Waals surface area (Å²) in [5.74, 6) is -1.85. The number of halogens is 2. The van der Waals surface area contributed by atoms with E-state index in [4.69, 9.17) is 0 Å². The van der Waals surface area contributed by atoms with E-state index in [0.29, 0.717) is 31.3 Å². The molecule has 0 aliphatic carbocycles. The number of nitrogens with one attached hydrogen (secondary N) is 1. The van der Waals surface area contributed by atoms with E-state index in [0.717, 1.165) is 51.2 Å². The molecule has 3 aliphatic rings. The lowest BCUT2D eigenvalue weighted by Gasteiger charge is -2.41. The molecular formula is C21H27F2N3O2. The Labute approximate surface area is 164 Å². The highest BCUT2D eigenvalue weighted by Gasteiger charge is 2.39. The summed E-state index contributed by atoms with van der Waals surface area (Å²) in [6.07, 6.45) is 4.52. The zero-order chi connectivity index (χ0) is 19.7. The minimum atomic E-state index is -0.841. The minimum Gasteiger partial charge on any atom is -0.342 e. The maximum absolute atomic E-state index is 13.9. The zero-order valence-corrected chi connectivity index (χ0v) is 16.1. The first-order chi connectivity index (χ1) is 13.5. The monoisotopic (exact) mass is 391 g/mol. The van der Waals surface area contributed by atoms with Gasteiger partial charge in [0.2, 0.25) is 5.91 Å². The topological polar surface area (TPSA) is 52.7 Å². The SMILES string of the molecule is O=C(c1ccc(F)cc1F)N1CCC(C(=O)N2CCC3(CCNC3)CC2)CC1. The van der Waals surface area contributed by atoms with Crippen molar-refractivity contribution in [2.24, 2.45) is 11.3 Å². The summed E-state index contributed by atoms with van der Waals surface area (Å²) in [6.45, 7) is 4.63. The molecular weight excluding hydrogens is 364 g/mol. The van der Waals surface area contributed by atoms with Crippen LogP contribution in [0.5, 0.6) is 0 Å². The second-order valence-corrected chi connectivity index (χ2v) is 8.44. The number of likely N-dealkylation sites (tertiary alicyclic amines) is 2. The first kappa shape index (κ1) is 19.3. The van der Waals surface area contributed by atoms with Crippen LogP contribution in [0.2, 0.25) is 0 Å². The first-order valence-corrected chi connectivity index (χ1v) is 10.2. The minimum absolute atomic E-state index is 0.0714. The molecule has 3 aliphatic heterocycles. The molecule has 152 valence electrons. The number of benzene rings is 1. The maximum atomic E-state index is 13.9. The molecule has 3 saturated heterocycles. The van der Waals surface area contributed by atoms with Crippen LogP contribution in [-0.2, 0) is 4.79 Å². The molecule has 28 heavy (non-hydrogen) atoms. The van der Waals surface area contributed by atoms with Gasteiger partial charge in [0, 0.05) is 44.7 Å². The number of hydrogen-bond donors (Lipinski definition) is 1. The van der Waals surface area contributed by atoms with Crippen molar-refractivity contribution in [3.8, 4) is 0 Å². The molecule has 3 fully saturated rings. The van der Waals surface area contributed by atoms with Gasteiger partial charge in [-0.2, -0.15) is 0 Å². The van der Waals surface area contributed by atoms with E-state index < -0.39 is 17.5 Å². The molecule has 0 aromatic heterocycles. The predicted octanol–water partition coefficient (Wildman–Crippen LogP) is 2.42. The van der Waals surface area contributed by atoms with Crippen LogP contribution >= 0.6 is 0 Å². The van der Waals surface area contributed by atoms with Gasteiger partial charge in [0.1, 0.15) is 11.6 Å². The van der Waals surface area contributed by atoms with Gasteiger partial charge in [0.05, 0.1) is 5.56 Å². The maximum Gasteiger partial charge on any atom is 0.256 e. The number of amides is 2. The molecule has 0 saturated carbocycles. The van der Waals surface area contributed by atoms with Crippen LogP contribution in [-0.4, -0.2) is 60.9 Å². The fourth-order valence-corrected chi connectivity index (χ4v) is 4.84. The van der Waals surface area contributed by atoms with Crippen LogP contribution in [0.15, 0.2) is 18.2 Å². The van der Waals surface area contributed by atoms with Crippen molar-refractivity contribution in [2.45, 2.75) is 32.1 Å². The third kappa shape index (κ3) is 3.77. The summed E-state index contributed by atoms with van der Waals surface area (Å²) in [7, 11) is 0. The average molecular weight is 391 g/mol. The van der Waals surface area contributed by atoms with Gasteiger partial charge in [-0.25, -0.2) is 8.78 Å². The lowest BCUT2D eigenvalue weighted by Crippen LogP contribution is -2.48. The molecule has 0 bridgehead atoms. The van der Waals surface area contributed by atoms with Crippen LogP contribution in [0.4, 0.5) is 8.78 Å². The van der Waals surface area contributed by atoms with Crippen molar-refractivity contribution >= 4 is 11.8 Å². The smallest absolute Gasteiger partial charge is 0.256 e. The Morgan fingerprint density at radius 3 is 2.32 bits per heavy atom. The summed E-state index contributed by atoms with van der Waals surface area (Å²) in [4.78, 5) is 29.0. The number of carbonyl (C=O) groups is 2. The Morgan fingerprint density at radius 2 is 1.71 bits per heavy atom. The van der Waals surface area contributed by atoms with Crippen molar-refractivity contribution in [3.63, 3.8) is 0 Å². The molecule has 0 atom stereocenters. The first-order valence-electron chi connectivity index (χ1n) is 10.2. The molecule has 4 rings (SSSR count). The lowest BCUT2D eigenvalue weighted by molar-refractivity contribution is -0.139. The van der Waals surface area contributed by atoms with E-state index in [-0.39, 0.29) is 17.4 Å². The highest BCUT2D eigenvalue weighted by molar-refractivity contribution is 5.94. The number of nitrogens with zero attached hydrogens (tertiary/aromatic N) is 2. The van der Waals surface area contributed by atoms with E-state index in [1.807, 2.05) is 4.90 Å². The van der Waals surface area contributed by atoms with Crippen LogP contribution < -0.4 is 5.32 Å². The van der Waals surface area contributed by atoms with Crippen molar-refractivity contribution in [1.29, 1.82) is 0 Å². The number of piperidine rings is 2. The molecule has 7 heteroatoms. The summed E-state index contributed by atoms with van der Waals surface area (Å²) in [5.41, 5.74) is 0.267. The molecule has 1 N–H and O–H groups in total.